The second-order valence-corrected chi connectivity index (χ2v) is 4.10. The zero-order valence-corrected chi connectivity index (χ0v) is 10.1. The van der Waals surface area contributed by atoms with E-state index < -0.39 is 22.0 Å². The Labute approximate surface area is 92.0 Å². The van der Waals surface area contributed by atoms with Crippen molar-refractivity contribution < 1.29 is 14.3 Å². The minimum atomic E-state index is -1.23. The average Bonchev–Trinajstić information content (AvgIpc) is 2.12. The number of carbonyl (C=O) groups excluding carboxylic acids is 2. The lowest BCUT2D eigenvalue weighted by Gasteiger charge is -2.08. The predicted molar refractivity (Wildman–Crippen MR) is 53.2 cm³/mol. The van der Waals surface area contributed by atoms with E-state index in [1.165, 1.54) is 7.11 Å². The molecule has 0 spiro atoms. The standard InChI is InChI=1S/C6H7Br2ClO3/c1-12-6(11)4(9)5(10)3(8)2-7/h3-4H,2H2,1H3. The fourth-order valence-electron chi connectivity index (χ4n) is 0.454. The van der Waals surface area contributed by atoms with Crippen LogP contribution in [0.1, 0.15) is 0 Å². The molecule has 0 aliphatic rings. The summed E-state index contributed by atoms with van der Waals surface area (Å²) >= 11 is 11.6. The molecule has 3 nitrogen and oxygen atoms in total. The molecule has 0 aromatic rings. The summed E-state index contributed by atoms with van der Waals surface area (Å²) in [6.45, 7) is 0. The zero-order chi connectivity index (χ0) is 9.72. The highest BCUT2D eigenvalue weighted by Gasteiger charge is 2.29. The molecule has 0 radical (unpaired) electrons. The first-order chi connectivity index (χ1) is 5.54. The molecule has 0 aliphatic heterocycles. The summed E-state index contributed by atoms with van der Waals surface area (Å²) in [5.74, 6) is -1.13. The number of esters is 1. The molecule has 0 heterocycles. The maximum Gasteiger partial charge on any atom is 0.331 e. The van der Waals surface area contributed by atoms with Gasteiger partial charge in [-0.3, -0.25) is 4.79 Å². The van der Waals surface area contributed by atoms with E-state index in [2.05, 4.69) is 36.6 Å². The van der Waals surface area contributed by atoms with E-state index in [0.717, 1.165) is 0 Å². The van der Waals surface area contributed by atoms with Crippen molar-refractivity contribution in [3.63, 3.8) is 0 Å². The Morgan fingerprint density at radius 3 is 2.42 bits per heavy atom. The molecule has 0 aromatic carbocycles. The highest BCUT2D eigenvalue weighted by molar-refractivity contribution is 9.12. The van der Waals surface area contributed by atoms with Crippen molar-refractivity contribution in [3.8, 4) is 0 Å². The number of carbonyl (C=O) groups is 2. The van der Waals surface area contributed by atoms with Crippen molar-refractivity contribution in [1.29, 1.82) is 0 Å². The maximum atomic E-state index is 11.2. The van der Waals surface area contributed by atoms with Crippen LogP contribution in [0.3, 0.4) is 0 Å². The lowest BCUT2D eigenvalue weighted by molar-refractivity contribution is -0.142. The van der Waals surface area contributed by atoms with Crippen LogP contribution in [0.4, 0.5) is 0 Å². The maximum absolute atomic E-state index is 11.2. The summed E-state index contributed by atoms with van der Waals surface area (Å²) in [6.07, 6.45) is 0. The Bertz CT molecular complexity index is 186. The molecule has 6 heteroatoms. The number of rotatable bonds is 4. The summed E-state index contributed by atoms with van der Waals surface area (Å²) in [7, 11) is 1.18. The smallest absolute Gasteiger partial charge is 0.331 e. The first kappa shape index (κ1) is 12.4. The van der Waals surface area contributed by atoms with Gasteiger partial charge in [-0.2, -0.15) is 0 Å². The zero-order valence-electron chi connectivity index (χ0n) is 6.22. The Hall–Kier alpha value is 0.390. The van der Waals surface area contributed by atoms with Crippen molar-refractivity contribution >= 4 is 55.2 Å². The summed E-state index contributed by atoms with van der Waals surface area (Å²) in [5.41, 5.74) is 0. The number of Topliss-reactive ketones (excluding diaryl/α,β-unsaturated/α-hetero) is 1. The number of halogens is 3. The van der Waals surface area contributed by atoms with Crippen molar-refractivity contribution in [2.24, 2.45) is 0 Å². The molecule has 0 aliphatic carbocycles. The van der Waals surface area contributed by atoms with Crippen LogP contribution < -0.4 is 0 Å². The molecule has 12 heavy (non-hydrogen) atoms. The second-order valence-electron chi connectivity index (χ2n) is 1.91. The van der Waals surface area contributed by atoms with Crippen LogP contribution in [0.25, 0.3) is 0 Å². The third-order valence-corrected chi connectivity index (χ3v) is 3.79. The van der Waals surface area contributed by atoms with Crippen molar-refractivity contribution in [1.82, 2.24) is 0 Å². The van der Waals surface area contributed by atoms with Gasteiger partial charge in [0.15, 0.2) is 11.2 Å². The Kier molecular flexibility index (Phi) is 6.13. The van der Waals surface area contributed by atoms with Gasteiger partial charge in [-0.15, -0.1) is 11.6 Å². The predicted octanol–water partition coefficient (Wildman–Crippen LogP) is 1.49. The Balaban J connectivity index is 4.19. The lowest BCUT2D eigenvalue weighted by Crippen LogP contribution is -2.32. The van der Waals surface area contributed by atoms with Crippen LogP contribution in [0.5, 0.6) is 0 Å². The normalized spacial score (nSPS) is 15.0. The van der Waals surface area contributed by atoms with Crippen LogP contribution in [0, 0.1) is 0 Å². The Morgan fingerprint density at radius 2 is 2.08 bits per heavy atom. The van der Waals surface area contributed by atoms with Gasteiger partial charge in [0.05, 0.1) is 11.9 Å². The van der Waals surface area contributed by atoms with Gasteiger partial charge in [-0.05, 0) is 0 Å². The molecular formula is C6H7Br2ClO3. The third-order valence-electron chi connectivity index (χ3n) is 1.10. The number of ketones is 1. The van der Waals surface area contributed by atoms with E-state index >= 15 is 0 Å². The molecule has 2 unspecified atom stereocenters. The molecule has 0 fully saturated rings. The van der Waals surface area contributed by atoms with Gasteiger partial charge in [0.2, 0.25) is 0 Å². The third kappa shape index (κ3) is 3.41. The molecular weight excluding hydrogens is 315 g/mol. The van der Waals surface area contributed by atoms with Crippen LogP contribution in [0.2, 0.25) is 0 Å². The van der Waals surface area contributed by atoms with E-state index in [-0.39, 0.29) is 0 Å². The largest absolute Gasteiger partial charge is 0.468 e. The monoisotopic (exact) mass is 320 g/mol. The van der Waals surface area contributed by atoms with Crippen LogP contribution in [0.15, 0.2) is 0 Å². The van der Waals surface area contributed by atoms with Crippen molar-refractivity contribution in [3.05, 3.63) is 0 Å². The van der Waals surface area contributed by atoms with Crippen molar-refractivity contribution in [2.75, 3.05) is 12.4 Å². The topological polar surface area (TPSA) is 43.4 Å². The molecule has 0 amide bonds. The van der Waals surface area contributed by atoms with E-state index in [1.54, 1.807) is 0 Å². The molecule has 0 rings (SSSR count). The number of methoxy groups -OCH3 is 1. The molecule has 2 atom stereocenters. The SMILES string of the molecule is COC(=O)C(Cl)C(=O)C(Br)CBr. The second kappa shape index (κ2) is 5.94. The number of ether oxygens (including phenoxy) is 1. The molecule has 0 aromatic heterocycles. The summed E-state index contributed by atoms with van der Waals surface area (Å²) in [5, 5.41) is -0.816. The Morgan fingerprint density at radius 1 is 1.58 bits per heavy atom. The van der Waals surface area contributed by atoms with E-state index in [0.29, 0.717) is 5.33 Å². The van der Waals surface area contributed by atoms with E-state index in [1.807, 2.05) is 0 Å². The highest BCUT2D eigenvalue weighted by Crippen LogP contribution is 2.12. The van der Waals surface area contributed by atoms with Crippen molar-refractivity contribution in [2.45, 2.75) is 10.2 Å². The van der Waals surface area contributed by atoms with E-state index in [9.17, 15) is 9.59 Å². The fourth-order valence-corrected chi connectivity index (χ4v) is 1.43. The quantitative estimate of drug-likeness (QED) is 0.447. The van der Waals surface area contributed by atoms with Gasteiger partial charge in [0.25, 0.3) is 0 Å². The number of hydrogen-bond acceptors (Lipinski definition) is 3. The molecule has 0 saturated carbocycles. The summed E-state index contributed by atoms with van der Waals surface area (Å²) in [4.78, 5) is 21.5. The van der Waals surface area contributed by atoms with Crippen LogP contribution in [-0.2, 0) is 14.3 Å². The number of alkyl halides is 3. The van der Waals surface area contributed by atoms with Crippen LogP contribution >= 0.6 is 43.5 Å². The molecule has 0 bridgehead atoms. The summed E-state index contributed by atoms with van der Waals surface area (Å²) < 4.78 is 4.30. The molecule has 70 valence electrons. The molecule has 0 saturated heterocycles. The van der Waals surface area contributed by atoms with E-state index in [4.69, 9.17) is 11.6 Å². The molecule has 0 N–H and O–H groups in total. The van der Waals surface area contributed by atoms with Gasteiger partial charge in [-0.25, -0.2) is 4.79 Å². The average molecular weight is 322 g/mol. The highest BCUT2D eigenvalue weighted by atomic mass is 79.9. The van der Waals surface area contributed by atoms with Gasteiger partial charge >= 0.3 is 5.97 Å². The van der Waals surface area contributed by atoms with Gasteiger partial charge in [-0.1, -0.05) is 31.9 Å². The lowest BCUT2D eigenvalue weighted by atomic mass is 10.2. The summed E-state index contributed by atoms with van der Waals surface area (Å²) in [6, 6.07) is 0. The minimum Gasteiger partial charge on any atom is -0.468 e. The van der Waals surface area contributed by atoms with Gasteiger partial charge in [0, 0.05) is 5.33 Å². The number of hydrogen-bond donors (Lipinski definition) is 0. The van der Waals surface area contributed by atoms with Gasteiger partial charge < -0.3 is 4.74 Å². The first-order valence-electron chi connectivity index (χ1n) is 3.00. The first-order valence-corrected chi connectivity index (χ1v) is 5.47. The van der Waals surface area contributed by atoms with Gasteiger partial charge in [0.1, 0.15) is 0 Å². The minimum absolute atomic E-state index is 0.402. The van der Waals surface area contributed by atoms with Crippen LogP contribution in [-0.4, -0.2) is 34.4 Å². The fraction of sp³-hybridized carbons (Fsp3) is 0.667.